The number of fused-ring (bicyclic) bond motifs is 1. The van der Waals surface area contributed by atoms with Gasteiger partial charge in [0.25, 0.3) is 0 Å². The van der Waals surface area contributed by atoms with E-state index in [1.54, 1.807) is 23.9 Å². The largest absolute Gasteiger partial charge is 0.449 e. The van der Waals surface area contributed by atoms with Gasteiger partial charge in [0, 0.05) is 17.5 Å². The summed E-state index contributed by atoms with van der Waals surface area (Å²) in [5, 5.41) is 0.228. The summed E-state index contributed by atoms with van der Waals surface area (Å²) in [6.07, 6.45) is -2.43. The van der Waals surface area contributed by atoms with E-state index >= 15 is 0 Å². The topological polar surface area (TPSA) is 43.8 Å². The Kier molecular flexibility index (Phi) is 3.32. The Morgan fingerprint density at radius 2 is 2.20 bits per heavy atom. The van der Waals surface area contributed by atoms with Crippen LogP contribution in [0.15, 0.2) is 18.2 Å². The lowest BCUT2D eigenvalue weighted by atomic mass is 10.2. The van der Waals surface area contributed by atoms with Crippen LogP contribution in [0.4, 0.5) is 18.9 Å². The van der Waals surface area contributed by atoms with Crippen molar-refractivity contribution in [1.82, 2.24) is 9.55 Å². The van der Waals surface area contributed by atoms with Gasteiger partial charge in [0.1, 0.15) is 0 Å². The van der Waals surface area contributed by atoms with E-state index in [0.717, 1.165) is 18.6 Å². The lowest BCUT2D eigenvalue weighted by Gasteiger charge is -2.15. The quantitative estimate of drug-likeness (QED) is 0.863. The first kappa shape index (κ1) is 13.6. The number of hydrogen-bond acceptors (Lipinski definition) is 3. The van der Waals surface area contributed by atoms with Crippen LogP contribution < -0.4 is 5.73 Å². The molecule has 2 heterocycles. The van der Waals surface area contributed by atoms with Crippen LogP contribution in [-0.2, 0) is 12.7 Å². The minimum Gasteiger partial charge on any atom is -0.399 e. The summed E-state index contributed by atoms with van der Waals surface area (Å²) in [7, 11) is 0. The number of imidazole rings is 1. The van der Waals surface area contributed by atoms with Crippen LogP contribution in [0.1, 0.15) is 18.7 Å². The van der Waals surface area contributed by atoms with Crippen molar-refractivity contribution in [2.45, 2.75) is 30.8 Å². The molecule has 0 aliphatic carbocycles. The molecule has 20 heavy (non-hydrogen) atoms. The number of rotatable bonds is 2. The summed E-state index contributed by atoms with van der Waals surface area (Å²) >= 11 is 1.73. The normalized spacial score (nSPS) is 19.9. The Hall–Kier alpha value is -1.37. The molecule has 0 radical (unpaired) electrons. The molecular weight excluding hydrogens is 287 g/mol. The van der Waals surface area contributed by atoms with Gasteiger partial charge in [0.15, 0.2) is 0 Å². The fraction of sp³-hybridized carbons (Fsp3) is 0.462. The molecule has 3 nitrogen and oxygen atoms in total. The molecule has 1 aromatic carbocycles. The minimum absolute atomic E-state index is 0.228. The number of hydrogen-bond donors (Lipinski definition) is 1. The molecule has 2 N–H and O–H groups in total. The van der Waals surface area contributed by atoms with Gasteiger partial charge in [-0.1, -0.05) is 0 Å². The van der Waals surface area contributed by atoms with Gasteiger partial charge in [0.2, 0.25) is 5.82 Å². The molecule has 0 amide bonds. The molecule has 1 fully saturated rings. The number of alkyl halides is 3. The number of nitrogen functional groups attached to an aromatic ring is 1. The third-order valence-corrected chi connectivity index (χ3v) is 4.82. The van der Waals surface area contributed by atoms with E-state index in [4.69, 9.17) is 5.73 Å². The van der Waals surface area contributed by atoms with Gasteiger partial charge in [-0.3, -0.25) is 0 Å². The summed E-state index contributed by atoms with van der Waals surface area (Å²) < 4.78 is 40.7. The zero-order valence-corrected chi connectivity index (χ0v) is 11.5. The Morgan fingerprint density at radius 3 is 2.85 bits per heavy atom. The number of nitrogens with zero attached hydrogens (tertiary/aromatic N) is 2. The van der Waals surface area contributed by atoms with Crippen molar-refractivity contribution in [3.05, 3.63) is 24.0 Å². The third-order valence-electron chi connectivity index (χ3n) is 3.44. The summed E-state index contributed by atoms with van der Waals surface area (Å²) in [5.74, 6) is 0.191. The Bertz CT molecular complexity index is 630. The molecule has 1 aliphatic heterocycles. The molecule has 0 spiro atoms. The van der Waals surface area contributed by atoms with Crippen LogP contribution in [0.2, 0.25) is 0 Å². The van der Waals surface area contributed by atoms with Crippen LogP contribution in [0, 0.1) is 0 Å². The lowest BCUT2D eigenvalue weighted by Crippen LogP contribution is -2.19. The van der Waals surface area contributed by atoms with Crippen molar-refractivity contribution in [2.24, 2.45) is 0 Å². The Labute approximate surface area is 118 Å². The second-order valence-corrected chi connectivity index (χ2v) is 6.34. The van der Waals surface area contributed by atoms with E-state index in [9.17, 15) is 13.2 Å². The average Bonchev–Trinajstić information content (AvgIpc) is 2.97. The van der Waals surface area contributed by atoms with Crippen LogP contribution in [-0.4, -0.2) is 20.6 Å². The summed E-state index contributed by atoms with van der Waals surface area (Å²) in [4.78, 5) is 3.74. The van der Waals surface area contributed by atoms with Crippen molar-refractivity contribution in [3.8, 4) is 0 Å². The number of halogens is 3. The molecular formula is C13H14F3N3S. The summed E-state index contributed by atoms with van der Waals surface area (Å²) in [6, 6.07) is 4.72. The SMILES string of the molecule is Nc1ccc2c(c1)nc(C(F)(F)F)n2CC1CCCS1. The standard InChI is InChI=1S/C13H14F3N3S/c14-13(15,16)12-18-10-6-8(17)3-4-11(10)19(12)7-9-2-1-5-20-9/h3-4,6,9H,1-2,5,7,17H2. The fourth-order valence-electron chi connectivity index (χ4n) is 2.54. The first-order valence-corrected chi connectivity index (χ1v) is 7.44. The molecule has 2 aromatic rings. The molecule has 7 heteroatoms. The van der Waals surface area contributed by atoms with Crippen molar-refractivity contribution >= 4 is 28.5 Å². The maximum atomic E-state index is 13.1. The molecule has 1 aromatic heterocycles. The van der Waals surface area contributed by atoms with Gasteiger partial charge in [-0.2, -0.15) is 24.9 Å². The molecule has 1 unspecified atom stereocenters. The molecule has 1 atom stereocenters. The predicted octanol–water partition coefficient (Wildman–Crippen LogP) is 3.53. The molecule has 0 saturated carbocycles. The van der Waals surface area contributed by atoms with E-state index in [2.05, 4.69) is 4.98 Å². The fourth-order valence-corrected chi connectivity index (χ4v) is 3.79. The van der Waals surface area contributed by atoms with Crippen molar-refractivity contribution in [1.29, 1.82) is 0 Å². The van der Waals surface area contributed by atoms with Crippen molar-refractivity contribution < 1.29 is 13.2 Å². The molecule has 0 bridgehead atoms. The smallest absolute Gasteiger partial charge is 0.399 e. The van der Waals surface area contributed by atoms with E-state index < -0.39 is 12.0 Å². The Morgan fingerprint density at radius 1 is 1.40 bits per heavy atom. The third kappa shape index (κ3) is 2.46. The highest BCUT2D eigenvalue weighted by molar-refractivity contribution is 8.00. The first-order chi connectivity index (χ1) is 9.45. The highest BCUT2D eigenvalue weighted by atomic mass is 32.2. The zero-order valence-electron chi connectivity index (χ0n) is 10.7. The second-order valence-electron chi connectivity index (χ2n) is 4.93. The summed E-state index contributed by atoms with van der Waals surface area (Å²) in [6.45, 7) is 0.347. The molecule has 1 aliphatic rings. The van der Waals surface area contributed by atoms with Crippen LogP contribution >= 0.6 is 11.8 Å². The highest BCUT2D eigenvalue weighted by Gasteiger charge is 2.38. The van der Waals surface area contributed by atoms with Gasteiger partial charge in [-0.25, -0.2) is 4.98 Å². The number of thioether (sulfide) groups is 1. The van der Waals surface area contributed by atoms with Crippen LogP contribution in [0.5, 0.6) is 0 Å². The number of benzene rings is 1. The summed E-state index contributed by atoms with van der Waals surface area (Å²) in [5.41, 5.74) is 6.85. The average molecular weight is 301 g/mol. The van der Waals surface area contributed by atoms with Crippen molar-refractivity contribution in [2.75, 3.05) is 11.5 Å². The number of nitrogens with two attached hydrogens (primary N) is 1. The minimum atomic E-state index is -4.45. The molecule has 3 rings (SSSR count). The van der Waals surface area contributed by atoms with Gasteiger partial charge in [-0.15, -0.1) is 0 Å². The first-order valence-electron chi connectivity index (χ1n) is 6.40. The Balaban J connectivity index is 2.10. The highest BCUT2D eigenvalue weighted by Crippen LogP contribution is 2.35. The van der Waals surface area contributed by atoms with Gasteiger partial charge < -0.3 is 10.3 Å². The van der Waals surface area contributed by atoms with E-state index in [1.807, 2.05) is 0 Å². The zero-order chi connectivity index (χ0) is 14.3. The van der Waals surface area contributed by atoms with E-state index in [-0.39, 0.29) is 5.25 Å². The van der Waals surface area contributed by atoms with Gasteiger partial charge in [-0.05, 0) is 36.8 Å². The van der Waals surface area contributed by atoms with Crippen LogP contribution in [0.3, 0.4) is 0 Å². The maximum Gasteiger partial charge on any atom is 0.449 e. The van der Waals surface area contributed by atoms with Crippen molar-refractivity contribution in [3.63, 3.8) is 0 Å². The molecule has 108 valence electrons. The van der Waals surface area contributed by atoms with Gasteiger partial charge in [0.05, 0.1) is 11.0 Å². The molecule has 1 saturated heterocycles. The lowest BCUT2D eigenvalue weighted by molar-refractivity contribution is -0.146. The van der Waals surface area contributed by atoms with E-state index in [1.165, 1.54) is 10.6 Å². The second kappa shape index (κ2) is 4.87. The maximum absolute atomic E-state index is 13.1. The van der Waals surface area contributed by atoms with Gasteiger partial charge >= 0.3 is 6.18 Å². The van der Waals surface area contributed by atoms with E-state index in [0.29, 0.717) is 23.3 Å². The monoisotopic (exact) mass is 301 g/mol. The van der Waals surface area contributed by atoms with Crippen LogP contribution in [0.25, 0.3) is 11.0 Å². The number of anilines is 1. The predicted molar refractivity (Wildman–Crippen MR) is 74.6 cm³/mol. The number of aromatic nitrogens is 2.